The van der Waals surface area contributed by atoms with Crippen molar-refractivity contribution in [3.05, 3.63) is 66.4 Å². The molecule has 0 amide bonds. The molecule has 0 saturated heterocycles. The SMILES string of the molecule is CCCc1cccc(S(=O)(=O)Nc2ccc3ncccc3c2)c1. The van der Waals surface area contributed by atoms with Crippen LogP contribution in [-0.4, -0.2) is 13.4 Å². The Hall–Kier alpha value is -2.40. The number of nitrogens with zero attached hydrogens (tertiary/aromatic N) is 1. The smallest absolute Gasteiger partial charge is 0.261 e. The fraction of sp³-hybridized carbons (Fsp3) is 0.167. The van der Waals surface area contributed by atoms with E-state index in [0.717, 1.165) is 29.3 Å². The topological polar surface area (TPSA) is 59.1 Å². The number of aryl methyl sites for hydroxylation is 1. The normalized spacial score (nSPS) is 11.5. The summed E-state index contributed by atoms with van der Waals surface area (Å²) in [5.74, 6) is 0. The van der Waals surface area contributed by atoms with Crippen molar-refractivity contribution >= 4 is 26.6 Å². The molecule has 0 bridgehead atoms. The zero-order valence-electron chi connectivity index (χ0n) is 12.9. The monoisotopic (exact) mass is 326 g/mol. The Morgan fingerprint density at radius 2 is 1.91 bits per heavy atom. The van der Waals surface area contributed by atoms with Crippen molar-refractivity contribution in [2.24, 2.45) is 0 Å². The molecule has 1 heterocycles. The van der Waals surface area contributed by atoms with Crippen LogP contribution in [0.3, 0.4) is 0 Å². The van der Waals surface area contributed by atoms with E-state index >= 15 is 0 Å². The molecule has 0 aliphatic rings. The first-order valence-corrected chi connectivity index (χ1v) is 9.03. The molecule has 0 spiro atoms. The quantitative estimate of drug-likeness (QED) is 0.771. The van der Waals surface area contributed by atoms with Crippen molar-refractivity contribution in [3.8, 4) is 0 Å². The molecule has 0 radical (unpaired) electrons. The number of fused-ring (bicyclic) bond motifs is 1. The maximum absolute atomic E-state index is 12.6. The molecule has 1 N–H and O–H groups in total. The van der Waals surface area contributed by atoms with Crippen LogP contribution in [0, 0.1) is 0 Å². The molecule has 4 nitrogen and oxygen atoms in total. The lowest BCUT2D eigenvalue weighted by Gasteiger charge is -2.10. The summed E-state index contributed by atoms with van der Waals surface area (Å²) in [5.41, 5.74) is 2.39. The summed E-state index contributed by atoms with van der Waals surface area (Å²) in [6, 6.07) is 16.1. The van der Waals surface area contributed by atoms with Gasteiger partial charge in [-0.3, -0.25) is 9.71 Å². The van der Waals surface area contributed by atoms with Crippen LogP contribution in [0.5, 0.6) is 0 Å². The number of nitrogens with one attached hydrogen (secondary N) is 1. The molecule has 0 fully saturated rings. The van der Waals surface area contributed by atoms with Crippen LogP contribution < -0.4 is 4.72 Å². The fourth-order valence-electron chi connectivity index (χ4n) is 2.51. The molecular weight excluding hydrogens is 308 g/mol. The van der Waals surface area contributed by atoms with Crippen molar-refractivity contribution in [1.29, 1.82) is 0 Å². The molecule has 3 rings (SSSR count). The fourth-order valence-corrected chi connectivity index (χ4v) is 3.63. The Balaban J connectivity index is 1.91. The van der Waals surface area contributed by atoms with Gasteiger partial charge < -0.3 is 0 Å². The molecular formula is C18H18N2O2S. The van der Waals surface area contributed by atoms with Crippen LogP contribution in [0.15, 0.2) is 65.7 Å². The largest absolute Gasteiger partial charge is 0.280 e. The van der Waals surface area contributed by atoms with Crippen molar-refractivity contribution in [3.63, 3.8) is 0 Å². The van der Waals surface area contributed by atoms with Crippen LogP contribution in [0.2, 0.25) is 0 Å². The highest BCUT2D eigenvalue weighted by molar-refractivity contribution is 7.92. The summed E-state index contributed by atoms with van der Waals surface area (Å²) in [5, 5.41) is 0.896. The van der Waals surface area contributed by atoms with Crippen molar-refractivity contribution in [1.82, 2.24) is 4.98 Å². The summed E-state index contributed by atoms with van der Waals surface area (Å²) in [7, 11) is -3.59. The lowest BCUT2D eigenvalue weighted by Crippen LogP contribution is -2.13. The average molecular weight is 326 g/mol. The second kappa shape index (κ2) is 6.38. The van der Waals surface area contributed by atoms with Crippen LogP contribution in [0.4, 0.5) is 5.69 Å². The second-order valence-corrected chi connectivity index (χ2v) is 7.10. The third-order valence-corrected chi connectivity index (χ3v) is 4.98. The molecule has 23 heavy (non-hydrogen) atoms. The molecule has 3 aromatic rings. The minimum Gasteiger partial charge on any atom is -0.280 e. The van der Waals surface area contributed by atoms with E-state index in [1.807, 2.05) is 18.2 Å². The molecule has 0 aliphatic carbocycles. The van der Waals surface area contributed by atoms with Gasteiger partial charge in [0.25, 0.3) is 10.0 Å². The zero-order valence-corrected chi connectivity index (χ0v) is 13.7. The second-order valence-electron chi connectivity index (χ2n) is 5.41. The number of rotatable bonds is 5. The number of benzene rings is 2. The molecule has 0 aliphatic heterocycles. The van der Waals surface area contributed by atoms with Crippen LogP contribution in [0.1, 0.15) is 18.9 Å². The summed E-state index contributed by atoms with van der Waals surface area (Å²) in [6.45, 7) is 2.07. The molecule has 1 aromatic heterocycles. The van der Waals surface area contributed by atoms with E-state index in [-0.39, 0.29) is 4.90 Å². The first kappa shape index (κ1) is 15.5. The van der Waals surface area contributed by atoms with Gasteiger partial charge >= 0.3 is 0 Å². The van der Waals surface area contributed by atoms with Gasteiger partial charge in [0.05, 0.1) is 10.4 Å². The van der Waals surface area contributed by atoms with E-state index in [0.29, 0.717) is 5.69 Å². The van der Waals surface area contributed by atoms with Crippen molar-refractivity contribution in [2.45, 2.75) is 24.7 Å². The predicted molar refractivity (Wildman–Crippen MR) is 93.0 cm³/mol. The Kier molecular flexibility index (Phi) is 4.30. The Bertz CT molecular complexity index is 936. The van der Waals surface area contributed by atoms with Crippen LogP contribution >= 0.6 is 0 Å². The summed E-state index contributed by atoms with van der Waals surface area (Å²) >= 11 is 0. The van der Waals surface area contributed by atoms with Gasteiger partial charge in [-0.05, 0) is 48.4 Å². The van der Waals surface area contributed by atoms with Crippen LogP contribution in [0.25, 0.3) is 10.9 Å². The molecule has 0 saturated carbocycles. The maximum Gasteiger partial charge on any atom is 0.261 e. The molecule has 5 heteroatoms. The van der Waals surface area contributed by atoms with E-state index in [4.69, 9.17) is 0 Å². The van der Waals surface area contributed by atoms with Gasteiger partial charge in [-0.1, -0.05) is 31.5 Å². The van der Waals surface area contributed by atoms with E-state index < -0.39 is 10.0 Å². The number of hydrogen-bond acceptors (Lipinski definition) is 3. The number of anilines is 1. The predicted octanol–water partition coefficient (Wildman–Crippen LogP) is 3.99. The minimum atomic E-state index is -3.59. The van der Waals surface area contributed by atoms with Gasteiger partial charge in [-0.25, -0.2) is 8.42 Å². The summed E-state index contributed by atoms with van der Waals surface area (Å²) in [6.07, 6.45) is 3.56. The third kappa shape index (κ3) is 3.51. The Morgan fingerprint density at radius 1 is 1.04 bits per heavy atom. The van der Waals surface area contributed by atoms with Gasteiger partial charge in [0, 0.05) is 17.3 Å². The summed E-state index contributed by atoms with van der Waals surface area (Å²) < 4.78 is 27.8. The molecule has 0 atom stereocenters. The third-order valence-electron chi connectivity index (χ3n) is 3.60. The minimum absolute atomic E-state index is 0.287. The Labute approximate surface area is 136 Å². The van der Waals surface area contributed by atoms with Gasteiger partial charge in [0.2, 0.25) is 0 Å². The van der Waals surface area contributed by atoms with Crippen LogP contribution in [-0.2, 0) is 16.4 Å². The maximum atomic E-state index is 12.6. The lowest BCUT2D eigenvalue weighted by atomic mass is 10.1. The van der Waals surface area contributed by atoms with E-state index in [2.05, 4.69) is 16.6 Å². The molecule has 2 aromatic carbocycles. The van der Waals surface area contributed by atoms with Crippen molar-refractivity contribution in [2.75, 3.05) is 4.72 Å². The van der Waals surface area contributed by atoms with E-state index in [9.17, 15) is 8.42 Å². The first-order valence-electron chi connectivity index (χ1n) is 7.55. The number of sulfonamides is 1. The highest BCUT2D eigenvalue weighted by atomic mass is 32.2. The van der Waals surface area contributed by atoms with Crippen molar-refractivity contribution < 1.29 is 8.42 Å². The first-order chi connectivity index (χ1) is 11.1. The zero-order chi connectivity index (χ0) is 16.3. The van der Waals surface area contributed by atoms with E-state index in [1.54, 1.807) is 42.6 Å². The number of aromatic nitrogens is 1. The average Bonchev–Trinajstić information content (AvgIpc) is 2.55. The van der Waals surface area contributed by atoms with Gasteiger partial charge in [-0.2, -0.15) is 0 Å². The van der Waals surface area contributed by atoms with Gasteiger partial charge in [0.15, 0.2) is 0 Å². The molecule has 118 valence electrons. The standard InChI is InChI=1S/C18H18N2O2S/c1-2-5-14-6-3-8-17(12-14)23(21,22)20-16-9-10-18-15(13-16)7-4-11-19-18/h3-4,6-13,20H,2,5H2,1H3. The Morgan fingerprint density at radius 3 is 2.74 bits per heavy atom. The van der Waals surface area contributed by atoms with Gasteiger partial charge in [-0.15, -0.1) is 0 Å². The lowest BCUT2D eigenvalue weighted by molar-refractivity contribution is 0.601. The van der Waals surface area contributed by atoms with E-state index in [1.165, 1.54) is 0 Å². The number of hydrogen-bond donors (Lipinski definition) is 1. The highest BCUT2D eigenvalue weighted by Crippen LogP contribution is 2.21. The molecule has 0 unspecified atom stereocenters. The summed E-state index contributed by atoms with van der Waals surface area (Å²) in [4.78, 5) is 4.52. The highest BCUT2D eigenvalue weighted by Gasteiger charge is 2.14. The van der Waals surface area contributed by atoms with Gasteiger partial charge in [0.1, 0.15) is 0 Å². The number of pyridine rings is 1.